The number of nitrogens with zero attached hydrogens (tertiary/aromatic N) is 5. The Morgan fingerprint density at radius 1 is 1.40 bits per heavy atom. The summed E-state index contributed by atoms with van der Waals surface area (Å²) in [6, 6.07) is 2.04. The first-order valence-corrected chi connectivity index (χ1v) is 7.66. The molecule has 1 atom stereocenters. The fraction of sp³-hybridized carbons (Fsp3) is 0.538. The number of likely N-dealkylation sites (N-methyl/N-ethyl adjacent to an activating group) is 1. The normalized spacial score (nSPS) is 20.0. The van der Waals surface area contributed by atoms with E-state index >= 15 is 0 Å². The van der Waals surface area contributed by atoms with E-state index in [1.165, 1.54) is 30.7 Å². The number of anilines is 2. The molecule has 1 fully saturated rings. The van der Waals surface area contributed by atoms with Crippen LogP contribution in [0.15, 0.2) is 11.6 Å². The zero-order valence-electron chi connectivity index (χ0n) is 11.7. The highest BCUT2D eigenvalue weighted by molar-refractivity contribution is 7.13. The Kier molecular flexibility index (Phi) is 3.88. The number of hydrogen-bond donors (Lipinski definition) is 1. The summed E-state index contributed by atoms with van der Waals surface area (Å²) in [5, 5.41) is 11.8. The van der Waals surface area contributed by atoms with Crippen LogP contribution in [0.25, 0.3) is 0 Å². The highest BCUT2D eigenvalue weighted by Crippen LogP contribution is 2.27. The predicted molar refractivity (Wildman–Crippen MR) is 79.4 cm³/mol. The maximum absolute atomic E-state index is 4.61. The molecule has 2 aromatic rings. The summed E-state index contributed by atoms with van der Waals surface area (Å²) in [5.41, 5.74) is 2.82. The smallest absolute Gasteiger partial charge is 0.210 e. The van der Waals surface area contributed by atoms with Gasteiger partial charge in [0.05, 0.1) is 5.69 Å². The van der Waals surface area contributed by atoms with Crippen LogP contribution in [0.1, 0.15) is 30.3 Å². The predicted octanol–water partition coefficient (Wildman–Crippen LogP) is 2.19. The third kappa shape index (κ3) is 3.10. The zero-order valence-corrected chi connectivity index (χ0v) is 12.5. The molecule has 0 aromatic carbocycles. The molecule has 6 nitrogen and oxygen atoms in total. The largest absolute Gasteiger partial charge is 0.315 e. The Bertz CT molecular complexity index is 570. The van der Waals surface area contributed by atoms with Crippen LogP contribution in [0.4, 0.5) is 10.9 Å². The van der Waals surface area contributed by atoms with Crippen LogP contribution in [0.3, 0.4) is 0 Å². The quantitative estimate of drug-likeness (QED) is 0.934. The highest BCUT2D eigenvalue weighted by atomic mass is 32.1. The van der Waals surface area contributed by atoms with Crippen LogP contribution in [0.5, 0.6) is 0 Å². The molecular formula is C13H18N6S. The van der Waals surface area contributed by atoms with E-state index in [4.69, 9.17) is 0 Å². The minimum Gasteiger partial charge on any atom is -0.315 e. The minimum atomic E-state index is 0.491. The maximum Gasteiger partial charge on any atom is 0.210 e. The second kappa shape index (κ2) is 5.80. The molecule has 2 aromatic heterocycles. The van der Waals surface area contributed by atoms with E-state index in [2.05, 4.69) is 37.4 Å². The lowest BCUT2D eigenvalue weighted by Gasteiger charge is -2.29. The average Bonchev–Trinajstić information content (AvgIpc) is 2.91. The standard InChI is InChI=1S/C13H18N6S/c1-9-15-11(10-4-3-5-19(2)7-10)6-12(16-9)17-13-18-14-8-20-13/h6,8,10H,3-5,7H2,1-2H3,(H,15,16,17,18). The Morgan fingerprint density at radius 2 is 2.30 bits per heavy atom. The molecule has 0 saturated carbocycles. The van der Waals surface area contributed by atoms with Crippen LogP contribution < -0.4 is 5.32 Å². The highest BCUT2D eigenvalue weighted by Gasteiger charge is 2.21. The Balaban J connectivity index is 1.82. The topological polar surface area (TPSA) is 66.8 Å². The zero-order chi connectivity index (χ0) is 13.9. The van der Waals surface area contributed by atoms with Crippen molar-refractivity contribution in [3.63, 3.8) is 0 Å². The Labute approximate surface area is 122 Å². The second-order valence-electron chi connectivity index (χ2n) is 5.20. The van der Waals surface area contributed by atoms with Crippen molar-refractivity contribution in [2.75, 3.05) is 25.5 Å². The van der Waals surface area contributed by atoms with Crippen molar-refractivity contribution >= 4 is 22.3 Å². The van der Waals surface area contributed by atoms with Gasteiger partial charge in [-0.25, -0.2) is 9.97 Å². The molecule has 0 amide bonds. The minimum absolute atomic E-state index is 0.491. The van der Waals surface area contributed by atoms with Gasteiger partial charge >= 0.3 is 0 Å². The fourth-order valence-electron chi connectivity index (χ4n) is 2.61. The van der Waals surface area contributed by atoms with Gasteiger partial charge in [0.1, 0.15) is 17.2 Å². The van der Waals surface area contributed by atoms with Gasteiger partial charge in [0.15, 0.2) is 0 Å². The van der Waals surface area contributed by atoms with Crippen molar-refractivity contribution in [1.29, 1.82) is 0 Å². The van der Waals surface area contributed by atoms with E-state index in [0.29, 0.717) is 5.92 Å². The lowest BCUT2D eigenvalue weighted by atomic mass is 9.95. The summed E-state index contributed by atoms with van der Waals surface area (Å²) in [6.45, 7) is 4.17. The van der Waals surface area contributed by atoms with Crippen LogP contribution >= 0.6 is 11.3 Å². The maximum atomic E-state index is 4.61. The number of aryl methyl sites for hydroxylation is 1. The molecule has 106 valence electrons. The van der Waals surface area contributed by atoms with Crippen molar-refractivity contribution in [1.82, 2.24) is 25.1 Å². The van der Waals surface area contributed by atoms with Gasteiger partial charge in [-0.15, -0.1) is 10.2 Å². The molecule has 0 bridgehead atoms. The summed E-state index contributed by atoms with van der Waals surface area (Å²) in [6.07, 6.45) is 2.42. The lowest BCUT2D eigenvalue weighted by Crippen LogP contribution is -2.31. The van der Waals surface area contributed by atoms with Gasteiger partial charge in [0.25, 0.3) is 0 Å². The summed E-state index contributed by atoms with van der Waals surface area (Å²) in [5.74, 6) is 2.09. The van der Waals surface area contributed by atoms with E-state index in [0.717, 1.165) is 29.0 Å². The third-order valence-corrected chi connectivity index (χ3v) is 4.10. The molecule has 1 aliphatic heterocycles. The molecule has 3 rings (SSSR count). The van der Waals surface area contributed by atoms with Gasteiger partial charge in [-0.05, 0) is 33.4 Å². The molecular weight excluding hydrogens is 272 g/mol. The molecule has 1 unspecified atom stereocenters. The van der Waals surface area contributed by atoms with Gasteiger partial charge in [0, 0.05) is 18.5 Å². The summed E-state index contributed by atoms with van der Waals surface area (Å²) < 4.78 is 0. The van der Waals surface area contributed by atoms with E-state index in [1.807, 2.05) is 13.0 Å². The fourth-order valence-corrected chi connectivity index (χ4v) is 3.06. The molecule has 0 radical (unpaired) electrons. The summed E-state index contributed by atoms with van der Waals surface area (Å²) in [7, 11) is 2.17. The van der Waals surface area contributed by atoms with Gasteiger partial charge in [-0.1, -0.05) is 11.3 Å². The van der Waals surface area contributed by atoms with Crippen molar-refractivity contribution in [3.8, 4) is 0 Å². The van der Waals surface area contributed by atoms with E-state index in [-0.39, 0.29) is 0 Å². The number of likely N-dealkylation sites (tertiary alicyclic amines) is 1. The third-order valence-electron chi connectivity index (χ3n) is 3.50. The van der Waals surface area contributed by atoms with E-state index in [1.54, 1.807) is 5.51 Å². The SMILES string of the molecule is Cc1nc(Nc2nncs2)cc(C2CCCN(C)C2)n1. The number of piperidine rings is 1. The number of rotatable bonds is 3. The first kappa shape index (κ1) is 13.4. The molecule has 1 N–H and O–H groups in total. The molecule has 7 heteroatoms. The van der Waals surface area contributed by atoms with Gasteiger partial charge < -0.3 is 10.2 Å². The molecule has 0 aliphatic carbocycles. The summed E-state index contributed by atoms with van der Waals surface area (Å²) in [4.78, 5) is 11.4. The van der Waals surface area contributed by atoms with Gasteiger partial charge in [-0.2, -0.15) is 0 Å². The molecule has 1 saturated heterocycles. The Hall–Kier alpha value is -1.60. The van der Waals surface area contributed by atoms with Crippen LogP contribution in [-0.2, 0) is 0 Å². The first-order chi connectivity index (χ1) is 9.70. The molecule has 20 heavy (non-hydrogen) atoms. The Morgan fingerprint density at radius 3 is 3.05 bits per heavy atom. The monoisotopic (exact) mass is 290 g/mol. The number of aromatic nitrogens is 4. The van der Waals surface area contributed by atoms with Crippen molar-refractivity contribution in [2.45, 2.75) is 25.7 Å². The first-order valence-electron chi connectivity index (χ1n) is 6.78. The van der Waals surface area contributed by atoms with E-state index < -0.39 is 0 Å². The van der Waals surface area contributed by atoms with Crippen molar-refractivity contribution in [2.24, 2.45) is 0 Å². The molecule has 1 aliphatic rings. The van der Waals surface area contributed by atoms with E-state index in [9.17, 15) is 0 Å². The summed E-state index contributed by atoms with van der Waals surface area (Å²) >= 11 is 1.46. The molecule has 3 heterocycles. The van der Waals surface area contributed by atoms with Crippen LogP contribution in [-0.4, -0.2) is 45.2 Å². The van der Waals surface area contributed by atoms with Crippen LogP contribution in [0, 0.1) is 6.92 Å². The van der Waals surface area contributed by atoms with Crippen molar-refractivity contribution < 1.29 is 0 Å². The van der Waals surface area contributed by atoms with Gasteiger partial charge in [-0.3, -0.25) is 0 Å². The number of hydrogen-bond acceptors (Lipinski definition) is 7. The average molecular weight is 290 g/mol. The van der Waals surface area contributed by atoms with Crippen molar-refractivity contribution in [3.05, 3.63) is 23.1 Å². The lowest BCUT2D eigenvalue weighted by molar-refractivity contribution is 0.248. The van der Waals surface area contributed by atoms with Gasteiger partial charge in [0.2, 0.25) is 5.13 Å². The number of nitrogens with one attached hydrogen (secondary N) is 1. The second-order valence-corrected chi connectivity index (χ2v) is 6.03. The molecule has 0 spiro atoms. The van der Waals surface area contributed by atoms with Crippen LogP contribution in [0.2, 0.25) is 0 Å².